The maximum absolute atomic E-state index is 12.1. The van der Waals surface area contributed by atoms with Crippen molar-refractivity contribution in [3.63, 3.8) is 0 Å². The van der Waals surface area contributed by atoms with E-state index < -0.39 is 0 Å². The van der Waals surface area contributed by atoms with Crippen LogP contribution >= 0.6 is 23.5 Å². The Morgan fingerprint density at radius 1 is 1.29 bits per heavy atom. The predicted octanol–water partition coefficient (Wildman–Crippen LogP) is 3.53. The Bertz CT molecular complexity index is 619. The van der Waals surface area contributed by atoms with Gasteiger partial charge in [-0.15, -0.1) is 23.5 Å². The molecule has 0 bridgehead atoms. The van der Waals surface area contributed by atoms with Crippen molar-refractivity contribution < 1.29 is 4.79 Å². The number of pyridine rings is 1. The number of nitrogens with one attached hydrogen (secondary N) is 1. The first kappa shape index (κ1) is 14.5. The SMILES string of the molecule is O=C(CSc1ccncc1)N[C@@H]1CCSc2ccccc21. The first-order chi connectivity index (χ1) is 10.3. The number of fused-ring (bicyclic) bond motifs is 1. The van der Waals surface area contributed by atoms with Gasteiger partial charge in [0.2, 0.25) is 5.91 Å². The van der Waals surface area contributed by atoms with Gasteiger partial charge in [-0.25, -0.2) is 0 Å². The average Bonchev–Trinajstić information content (AvgIpc) is 2.54. The lowest BCUT2D eigenvalue weighted by Gasteiger charge is -2.25. The van der Waals surface area contributed by atoms with Crippen molar-refractivity contribution in [2.75, 3.05) is 11.5 Å². The zero-order valence-electron chi connectivity index (χ0n) is 11.5. The Hall–Kier alpha value is -1.46. The summed E-state index contributed by atoms with van der Waals surface area (Å²) < 4.78 is 0. The van der Waals surface area contributed by atoms with Crippen LogP contribution in [0.1, 0.15) is 18.0 Å². The average molecular weight is 316 g/mol. The van der Waals surface area contributed by atoms with Gasteiger partial charge >= 0.3 is 0 Å². The molecule has 0 fully saturated rings. The van der Waals surface area contributed by atoms with Gasteiger partial charge in [-0.1, -0.05) is 18.2 Å². The number of amides is 1. The summed E-state index contributed by atoms with van der Waals surface area (Å²) in [6, 6.07) is 12.3. The molecule has 1 aliphatic rings. The highest BCUT2D eigenvalue weighted by Crippen LogP contribution is 2.35. The minimum atomic E-state index is 0.0866. The molecule has 1 atom stereocenters. The molecule has 1 aromatic carbocycles. The van der Waals surface area contributed by atoms with Gasteiger partial charge in [0.15, 0.2) is 0 Å². The molecule has 3 nitrogen and oxygen atoms in total. The van der Waals surface area contributed by atoms with E-state index in [-0.39, 0.29) is 11.9 Å². The zero-order valence-corrected chi connectivity index (χ0v) is 13.1. The van der Waals surface area contributed by atoms with Gasteiger partial charge in [0, 0.05) is 27.9 Å². The Morgan fingerprint density at radius 3 is 2.95 bits per heavy atom. The summed E-state index contributed by atoms with van der Waals surface area (Å²) in [5.74, 6) is 1.58. The summed E-state index contributed by atoms with van der Waals surface area (Å²) >= 11 is 3.41. The quantitative estimate of drug-likeness (QED) is 0.876. The first-order valence-electron chi connectivity index (χ1n) is 6.87. The maximum atomic E-state index is 12.1. The van der Waals surface area contributed by atoms with Gasteiger partial charge in [-0.2, -0.15) is 0 Å². The lowest BCUT2D eigenvalue weighted by atomic mass is 10.0. The summed E-state index contributed by atoms with van der Waals surface area (Å²) in [7, 11) is 0. The Labute approximate surface area is 132 Å². The van der Waals surface area contributed by atoms with Gasteiger partial charge in [0.25, 0.3) is 0 Å². The molecule has 5 heteroatoms. The molecule has 1 aromatic heterocycles. The molecule has 0 unspecified atom stereocenters. The number of carbonyl (C=O) groups excluding carboxylic acids is 1. The first-order valence-corrected chi connectivity index (χ1v) is 8.84. The monoisotopic (exact) mass is 316 g/mol. The van der Waals surface area contributed by atoms with Gasteiger partial charge < -0.3 is 5.32 Å². The third kappa shape index (κ3) is 3.80. The second kappa shape index (κ2) is 7.00. The zero-order chi connectivity index (χ0) is 14.5. The molecule has 0 radical (unpaired) electrons. The minimum absolute atomic E-state index is 0.0866. The van der Waals surface area contributed by atoms with Gasteiger partial charge in [0.1, 0.15) is 0 Å². The van der Waals surface area contributed by atoms with Crippen LogP contribution < -0.4 is 5.32 Å². The predicted molar refractivity (Wildman–Crippen MR) is 87.6 cm³/mol. The summed E-state index contributed by atoms with van der Waals surface area (Å²) in [5, 5.41) is 3.16. The Kier molecular flexibility index (Phi) is 4.83. The van der Waals surface area contributed by atoms with Crippen molar-refractivity contribution in [3.8, 4) is 0 Å². The third-order valence-corrected chi connectivity index (χ3v) is 5.45. The number of hydrogen-bond acceptors (Lipinski definition) is 4. The lowest BCUT2D eigenvalue weighted by Crippen LogP contribution is -2.31. The topological polar surface area (TPSA) is 42.0 Å². The van der Waals surface area contributed by atoms with Crippen LogP contribution in [0.4, 0.5) is 0 Å². The van der Waals surface area contributed by atoms with Crippen LogP contribution in [0.2, 0.25) is 0 Å². The molecule has 0 aliphatic carbocycles. The van der Waals surface area contributed by atoms with E-state index >= 15 is 0 Å². The number of carbonyl (C=O) groups is 1. The number of nitrogens with zero attached hydrogens (tertiary/aromatic N) is 1. The number of hydrogen-bond donors (Lipinski definition) is 1. The van der Waals surface area contributed by atoms with Gasteiger partial charge in [-0.3, -0.25) is 9.78 Å². The molecule has 0 saturated heterocycles. The van der Waals surface area contributed by atoms with Gasteiger partial charge in [-0.05, 0) is 30.2 Å². The Balaban J connectivity index is 1.58. The van der Waals surface area contributed by atoms with E-state index in [1.807, 2.05) is 30.0 Å². The molecule has 1 aliphatic heterocycles. The van der Waals surface area contributed by atoms with Crippen LogP contribution in [0.25, 0.3) is 0 Å². The number of aromatic nitrogens is 1. The summed E-state index contributed by atoms with van der Waals surface area (Å²) in [6.07, 6.45) is 4.48. The molecule has 108 valence electrons. The van der Waals surface area contributed by atoms with Crippen molar-refractivity contribution in [2.24, 2.45) is 0 Å². The maximum Gasteiger partial charge on any atom is 0.230 e. The summed E-state index contributed by atoms with van der Waals surface area (Å²) in [6.45, 7) is 0. The Morgan fingerprint density at radius 2 is 2.10 bits per heavy atom. The fourth-order valence-corrected chi connectivity index (χ4v) is 4.13. The van der Waals surface area contributed by atoms with E-state index in [1.54, 1.807) is 24.2 Å². The van der Waals surface area contributed by atoms with E-state index in [9.17, 15) is 4.79 Å². The molecule has 1 N–H and O–H groups in total. The van der Waals surface area contributed by atoms with Crippen LogP contribution in [-0.2, 0) is 4.79 Å². The highest BCUT2D eigenvalue weighted by Gasteiger charge is 2.21. The van der Waals surface area contributed by atoms with Crippen LogP contribution in [0.15, 0.2) is 58.6 Å². The van der Waals surface area contributed by atoms with E-state index in [4.69, 9.17) is 0 Å². The standard InChI is InChI=1S/C16H16N2OS2/c19-16(11-21-12-5-8-17-9-6-12)18-14-7-10-20-15-4-2-1-3-13(14)15/h1-6,8-9,14H,7,10-11H2,(H,18,19)/t14-/m1/s1. The van der Waals surface area contributed by atoms with E-state index in [1.165, 1.54) is 10.5 Å². The molecular weight excluding hydrogens is 300 g/mol. The van der Waals surface area contributed by atoms with Crippen molar-refractivity contribution in [1.82, 2.24) is 10.3 Å². The van der Waals surface area contributed by atoms with Crippen molar-refractivity contribution in [1.29, 1.82) is 0 Å². The minimum Gasteiger partial charge on any atom is -0.349 e. The summed E-state index contributed by atoms with van der Waals surface area (Å²) in [4.78, 5) is 18.5. The van der Waals surface area contributed by atoms with Gasteiger partial charge in [0.05, 0.1) is 11.8 Å². The van der Waals surface area contributed by atoms with Crippen LogP contribution in [0.3, 0.4) is 0 Å². The molecule has 0 spiro atoms. The molecule has 3 rings (SSSR count). The van der Waals surface area contributed by atoms with Crippen molar-refractivity contribution >= 4 is 29.4 Å². The van der Waals surface area contributed by atoms with Crippen LogP contribution in [0, 0.1) is 0 Å². The fraction of sp³-hybridized carbons (Fsp3) is 0.250. The normalized spacial score (nSPS) is 17.0. The second-order valence-corrected chi connectivity index (χ2v) is 6.95. The van der Waals surface area contributed by atoms with Crippen LogP contribution in [-0.4, -0.2) is 22.4 Å². The van der Waals surface area contributed by atoms with Crippen molar-refractivity contribution in [2.45, 2.75) is 22.3 Å². The number of benzene rings is 1. The smallest absolute Gasteiger partial charge is 0.230 e. The van der Waals surface area contributed by atoms with E-state index in [2.05, 4.69) is 28.5 Å². The molecule has 1 amide bonds. The fourth-order valence-electron chi connectivity index (χ4n) is 2.31. The molecule has 0 saturated carbocycles. The lowest BCUT2D eigenvalue weighted by molar-refractivity contribution is -0.119. The van der Waals surface area contributed by atoms with Crippen LogP contribution in [0.5, 0.6) is 0 Å². The number of thioether (sulfide) groups is 2. The van der Waals surface area contributed by atoms with E-state index in [0.717, 1.165) is 17.1 Å². The summed E-state index contributed by atoms with van der Waals surface area (Å²) in [5.41, 5.74) is 1.25. The highest BCUT2D eigenvalue weighted by atomic mass is 32.2. The molecule has 21 heavy (non-hydrogen) atoms. The largest absolute Gasteiger partial charge is 0.349 e. The molecular formula is C16H16N2OS2. The molecule has 2 aromatic rings. The van der Waals surface area contributed by atoms with Crippen molar-refractivity contribution in [3.05, 3.63) is 54.4 Å². The number of rotatable bonds is 4. The second-order valence-electron chi connectivity index (χ2n) is 4.77. The highest BCUT2D eigenvalue weighted by molar-refractivity contribution is 8.00. The molecule has 2 heterocycles. The van der Waals surface area contributed by atoms with E-state index in [0.29, 0.717) is 5.75 Å². The third-order valence-electron chi connectivity index (χ3n) is 3.31.